The van der Waals surface area contributed by atoms with Gasteiger partial charge in [0.05, 0.1) is 11.9 Å². The van der Waals surface area contributed by atoms with E-state index in [1.54, 1.807) is 4.90 Å². The van der Waals surface area contributed by atoms with Crippen molar-refractivity contribution in [3.05, 3.63) is 18.2 Å². The second kappa shape index (κ2) is 8.83. The van der Waals surface area contributed by atoms with Crippen LogP contribution in [0.2, 0.25) is 0 Å². The minimum absolute atomic E-state index is 0.0118. The van der Waals surface area contributed by atoms with Crippen LogP contribution in [-0.4, -0.2) is 58.1 Å². The number of hydrogen-bond acceptors (Lipinski definition) is 7. The normalized spacial score (nSPS) is 26.5. The van der Waals surface area contributed by atoms with Gasteiger partial charge >= 0.3 is 0 Å². The van der Waals surface area contributed by atoms with Crippen LogP contribution in [0.15, 0.2) is 27.5 Å². The summed E-state index contributed by atoms with van der Waals surface area (Å²) >= 11 is 0. The van der Waals surface area contributed by atoms with E-state index in [0.29, 0.717) is 13.0 Å². The summed E-state index contributed by atoms with van der Waals surface area (Å²) in [5.41, 5.74) is -0.644. The van der Waals surface area contributed by atoms with E-state index < -0.39 is 37.3 Å². The number of rotatable bonds is 6. The van der Waals surface area contributed by atoms with E-state index in [9.17, 15) is 26.4 Å². The summed E-state index contributed by atoms with van der Waals surface area (Å²) in [5.74, 6) is -2.29. The van der Waals surface area contributed by atoms with Gasteiger partial charge in [0.25, 0.3) is 10.0 Å². The average molecular weight is 539 g/mol. The van der Waals surface area contributed by atoms with Gasteiger partial charge in [0.15, 0.2) is 11.7 Å². The smallest absolute Gasteiger partial charge is 0.286 e. The topological polar surface area (TPSA) is 142 Å². The Morgan fingerprint density at radius 2 is 1.89 bits per heavy atom. The molecule has 0 spiro atoms. The second-order valence-electron chi connectivity index (χ2n) is 11.6. The largest absolute Gasteiger partial charge is 0.341 e. The van der Waals surface area contributed by atoms with E-state index in [0.717, 1.165) is 38.0 Å². The third-order valence-electron chi connectivity index (χ3n) is 7.17. The number of anilines is 2. The van der Waals surface area contributed by atoms with E-state index >= 15 is 0 Å². The Kier molecular flexibility index (Phi) is 6.52. The van der Waals surface area contributed by atoms with Crippen molar-refractivity contribution in [1.29, 1.82) is 0 Å². The number of carbonyl (C=O) groups is 2. The first-order valence-electron chi connectivity index (χ1n) is 12.1. The molecule has 12 heteroatoms. The molecule has 1 aromatic rings. The Morgan fingerprint density at radius 3 is 2.44 bits per heavy atom. The van der Waals surface area contributed by atoms with Crippen LogP contribution < -0.4 is 10.0 Å². The molecule has 2 atom stereocenters. The van der Waals surface area contributed by atoms with Gasteiger partial charge in [-0.05, 0) is 55.7 Å². The summed E-state index contributed by atoms with van der Waals surface area (Å²) in [6.07, 6.45) is 5.03. The molecule has 1 saturated heterocycles. The Morgan fingerprint density at radius 1 is 1.22 bits per heavy atom. The predicted octanol–water partition coefficient (Wildman–Crippen LogP) is 2.98. The summed E-state index contributed by atoms with van der Waals surface area (Å²) in [7, 11) is -7.92. The highest BCUT2D eigenvalue weighted by atomic mass is 32.2. The second-order valence-corrected chi connectivity index (χ2v) is 15.0. The van der Waals surface area contributed by atoms with Crippen molar-refractivity contribution in [3.8, 4) is 0 Å². The zero-order valence-corrected chi connectivity index (χ0v) is 22.9. The van der Waals surface area contributed by atoms with Gasteiger partial charge in [-0.3, -0.25) is 14.3 Å². The molecule has 2 aliphatic heterocycles. The highest BCUT2D eigenvalue weighted by Gasteiger charge is 2.53. The van der Waals surface area contributed by atoms with Crippen LogP contribution in [0.4, 0.5) is 11.4 Å². The monoisotopic (exact) mass is 538 g/mol. The van der Waals surface area contributed by atoms with Gasteiger partial charge in [0.2, 0.25) is 15.9 Å². The minimum atomic E-state index is -4.30. The van der Waals surface area contributed by atoms with Gasteiger partial charge in [-0.25, -0.2) is 8.42 Å². The number of amidine groups is 1. The van der Waals surface area contributed by atoms with Crippen molar-refractivity contribution in [1.82, 2.24) is 4.90 Å². The van der Waals surface area contributed by atoms with Crippen LogP contribution in [0.5, 0.6) is 0 Å². The molecule has 2 N–H and O–H groups in total. The fraction of sp³-hybridized carbons (Fsp3) is 0.625. The van der Waals surface area contributed by atoms with E-state index in [-0.39, 0.29) is 39.3 Å². The fourth-order valence-corrected chi connectivity index (χ4v) is 6.58. The quantitative estimate of drug-likeness (QED) is 0.530. The van der Waals surface area contributed by atoms with E-state index in [1.807, 2.05) is 6.92 Å². The maximum Gasteiger partial charge on any atom is 0.286 e. The van der Waals surface area contributed by atoms with E-state index in [2.05, 4.69) is 35.2 Å². The zero-order valence-electron chi connectivity index (χ0n) is 21.3. The van der Waals surface area contributed by atoms with Crippen molar-refractivity contribution in [2.45, 2.75) is 70.7 Å². The number of hydrogen-bond donors (Lipinski definition) is 2. The van der Waals surface area contributed by atoms with Crippen LogP contribution in [0.1, 0.15) is 59.8 Å². The maximum atomic E-state index is 13.8. The third kappa shape index (κ3) is 5.29. The number of Topliss-reactive ketones (excluding diaryl/α,β-unsaturated/α-hetero) is 1. The molecule has 0 aromatic heterocycles. The summed E-state index contributed by atoms with van der Waals surface area (Å²) < 4.78 is 55.5. The molecule has 0 bridgehead atoms. The lowest BCUT2D eigenvalue weighted by molar-refractivity contribution is -0.155. The number of nitrogens with zero attached hydrogens (tertiary/aromatic N) is 2. The molecule has 1 aromatic carbocycles. The van der Waals surface area contributed by atoms with Crippen LogP contribution >= 0.6 is 0 Å². The fourth-order valence-electron chi connectivity index (χ4n) is 4.84. The number of ketones is 1. The molecule has 1 aliphatic carbocycles. The predicted molar refractivity (Wildman–Crippen MR) is 138 cm³/mol. The van der Waals surface area contributed by atoms with Gasteiger partial charge in [-0.1, -0.05) is 27.7 Å². The number of nitrogens with one attached hydrogen (secondary N) is 2. The molecule has 3 aliphatic rings. The Bertz CT molecular complexity index is 1340. The molecule has 2 fully saturated rings. The molecule has 4 rings (SSSR count). The van der Waals surface area contributed by atoms with Gasteiger partial charge in [-0.2, -0.15) is 8.42 Å². The van der Waals surface area contributed by atoms with E-state index in [4.69, 9.17) is 0 Å². The lowest BCUT2D eigenvalue weighted by atomic mass is 9.68. The Hall–Kier alpha value is -2.47. The first kappa shape index (κ1) is 26.6. The molecule has 10 nitrogen and oxygen atoms in total. The summed E-state index contributed by atoms with van der Waals surface area (Å²) in [6.45, 7) is 8.47. The summed E-state index contributed by atoms with van der Waals surface area (Å²) in [5, 5.41) is 2.90. The number of sulfonamides is 2. The number of piperidine rings is 1. The van der Waals surface area contributed by atoms with E-state index in [1.165, 1.54) is 12.1 Å². The maximum absolute atomic E-state index is 13.8. The molecule has 2 heterocycles. The Labute approximate surface area is 213 Å². The molecule has 36 heavy (non-hydrogen) atoms. The number of benzene rings is 1. The number of fused-ring (bicyclic) bond motifs is 1. The average Bonchev–Trinajstić information content (AvgIpc) is 2.68. The molecular weight excluding hydrogens is 504 g/mol. The van der Waals surface area contributed by atoms with Crippen molar-refractivity contribution in [3.63, 3.8) is 0 Å². The molecule has 198 valence electrons. The van der Waals surface area contributed by atoms with Crippen LogP contribution in [0.25, 0.3) is 0 Å². The highest BCUT2D eigenvalue weighted by Crippen LogP contribution is 2.42. The lowest BCUT2D eigenvalue weighted by Gasteiger charge is -2.49. The van der Waals surface area contributed by atoms with Gasteiger partial charge in [-0.15, -0.1) is 4.40 Å². The Balaban J connectivity index is 1.72. The first-order chi connectivity index (χ1) is 16.5. The molecular formula is C24H34N4O6S2. The van der Waals surface area contributed by atoms with Crippen LogP contribution in [0.3, 0.4) is 0 Å². The highest BCUT2D eigenvalue weighted by molar-refractivity contribution is 7.92. The lowest BCUT2D eigenvalue weighted by Crippen LogP contribution is -2.62. The zero-order chi connectivity index (χ0) is 26.7. The van der Waals surface area contributed by atoms with Crippen LogP contribution in [0, 0.1) is 16.7 Å². The molecule has 0 radical (unpaired) electrons. The molecule has 1 amide bonds. The molecule has 1 saturated carbocycles. The number of amides is 1. The van der Waals surface area contributed by atoms with Crippen molar-refractivity contribution in [2.24, 2.45) is 21.1 Å². The van der Waals surface area contributed by atoms with Crippen LogP contribution in [-0.2, 0) is 29.6 Å². The molecule has 2 unspecified atom stereocenters. The number of likely N-dealkylation sites (tertiary alicyclic amines) is 1. The van der Waals surface area contributed by atoms with Crippen molar-refractivity contribution >= 4 is 48.9 Å². The van der Waals surface area contributed by atoms with Crippen molar-refractivity contribution < 1.29 is 26.4 Å². The standard InChI is InChI=1S/C24H34N4O6S2/c1-23(2,3)11-12-24(4)14-28(16-7-6-8-16)22(30)19(20(24)29)21-25-17-10-9-15(26-35(5,31)32)13-18(17)36(33,34)27-21/h9-10,13,16,19,26H,6-8,11-12,14H2,1-5H3,(H,25,27). The van der Waals surface area contributed by atoms with Crippen molar-refractivity contribution in [2.75, 3.05) is 22.8 Å². The number of carbonyl (C=O) groups excluding carboxylic acids is 2. The minimum Gasteiger partial charge on any atom is -0.341 e. The third-order valence-corrected chi connectivity index (χ3v) is 9.10. The first-order valence-corrected chi connectivity index (χ1v) is 15.4. The van der Waals surface area contributed by atoms with Gasteiger partial charge in [0, 0.05) is 23.7 Å². The van der Waals surface area contributed by atoms with Gasteiger partial charge in [0.1, 0.15) is 10.7 Å². The summed E-state index contributed by atoms with van der Waals surface area (Å²) in [4.78, 5) is 29.0. The van der Waals surface area contributed by atoms with Gasteiger partial charge < -0.3 is 10.2 Å². The summed E-state index contributed by atoms with van der Waals surface area (Å²) in [6, 6.07) is 4.01. The SMILES string of the molecule is CC(C)(C)CCC1(C)CN(C2CCC2)C(=O)C(C2=NS(=O)(=O)c3cc(NS(C)(=O)=O)ccc3N2)C1=O.